The molecule has 1 aromatic heterocycles. The first-order valence-electron chi connectivity index (χ1n) is 6.08. The summed E-state index contributed by atoms with van der Waals surface area (Å²) in [6.07, 6.45) is 0. The Labute approximate surface area is 129 Å². The summed E-state index contributed by atoms with van der Waals surface area (Å²) in [5.74, 6) is -1.55. The summed E-state index contributed by atoms with van der Waals surface area (Å²) in [5.41, 5.74) is 0.402. The minimum absolute atomic E-state index is 0.00675. The van der Waals surface area contributed by atoms with Crippen molar-refractivity contribution in [1.29, 1.82) is 0 Å². The lowest BCUT2D eigenvalue weighted by Crippen LogP contribution is -2.09. The Hall–Kier alpha value is -1.79. The molecular weight excluding hydrogens is 317 g/mol. The van der Waals surface area contributed by atoms with E-state index in [1.165, 1.54) is 19.1 Å². The summed E-state index contributed by atoms with van der Waals surface area (Å²) in [4.78, 5) is 27.7. The molecule has 0 atom stereocenters. The summed E-state index contributed by atoms with van der Waals surface area (Å²) >= 11 is 6.64. The lowest BCUT2D eigenvalue weighted by molar-refractivity contribution is 0.0517. The van der Waals surface area contributed by atoms with E-state index in [9.17, 15) is 14.0 Å². The molecule has 1 aromatic carbocycles. The molecule has 0 radical (unpaired) electrons. The number of benzene rings is 1. The molecule has 21 heavy (non-hydrogen) atoms. The molecule has 0 amide bonds. The molecular formula is C14H11ClFNO3S. The molecule has 0 spiro atoms. The van der Waals surface area contributed by atoms with Crippen molar-refractivity contribution in [2.75, 3.05) is 6.61 Å². The number of Topliss-reactive ketones (excluding diaryl/α,β-unsaturated/α-hetero) is 1. The first-order valence-corrected chi connectivity index (χ1v) is 7.27. The fourth-order valence-corrected chi connectivity index (χ4v) is 2.71. The highest BCUT2D eigenvalue weighted by atomic mass is 35.5. The van der Waals surface area contributed by atoms with E-state index >= 15 is 0 Å². The molecule has 4 nitrogen and oxygen atoms in total. The van der Waals surface area contributed by atoms with Gasteiger partial charge in [0.25, 0.3) is 0 Å². The SMILES string of the molecule is CCOC(=O)c1nc(-c2ccc(Cl)c(F)c2)sc1C(C)=O. The van der Waals surface area contributed by atoms with Crippen molar-refractivity contribution in [3.8, 4) is 10.6 Å². The fraction of sp³-hybridized carbons (Fsp3) is 0.214. The van der Waals surface area contributed by atoms with Crippen LogP contribution in [0.2, 0.25) is 5.02 Å². The van der Waals surface area contributed by atoms with E-state index in [1.807, 2.05) is 0 Å². The van der Waals surface area contributed by atoms with E-state index in [4.69, 9.17) is 16.3 Å². The Balaban J connectivity index is 2.50. The second-order valence-corrected chi connectivity index (χ2v) is 5.51. The molecule has 0 aliphatic carbocycles. The normalized spacial score (nSPS) is 10.5. The van der Waals surface area contributed by atoms with Gasteiger partial charge in [-0.1, -0.05) is 17.7 Å². The maximum atomic E-state index is 13.5. The molecule has 2 aromatic rings. The van der Waals surface area contributed by atoms with Gasteiger partial charge in [-0.25, -0.2) is 14.2 Å². The Morgan fingerprint density at radius 1 is 1.43 bits per heavy atom. The fourth-order valence-electron chi connectivity index (χ4n) is 1.65. The standard InChI is InChI=1S/C14H11ClFNO3S/c1-3-20-14(19)11-12(7(2)18)21-13(17-11)8-4-5-9(15)10(16)6-8/h4-6H,3H2,1-2H3. The smallest absolute Gasteiger partial charge is 0.358 e. The van der Waals surface area contributed by atoms with E-state index in [0.29, 0.717) is 10.6 Å². The molecule has 0 fully saturated rings. The van der Waals surface area contributed by atoms with Crippen molar-refractivity contribution in [2.24, 2.45) is 0 Å². The zero-order chi connectivity index (χ0) is 15.6. The minimum atomic E-state index is -0.667. The molecule has 0 unspecified atom stereocenters. The number of aromatic nitrogens is 1. The van der Waals surface area contributed by atoms with E-state index < -0.39 is 11.8 Å². The van der Waals surface area contributed by atoms with Crippen LogP contribution in [0.4, 0.5) is 4.39 Å². The molecule has 0 aliphatic heterocycles. The van der Waals surface area contributed by atoms with Crippen LogP contribution in [-0.4, -0.2) is 23.3 Å². The van der Waals surface area contributed by atoms with Gasteiger partial charge in [0.05, 0.1) is 11.6 Å². The van der Waals surface area contributed by atoms with Gasteiger partial charge in [0, 0.05) is 12.5 Å². The van der Waals surface area contributed by atoms with Gasteiger partial charge in [-0.3, -0.25) is 4.79 Å². The van der Waals surface area contributed by atoms with Crippen molar-refractivity contribution < 1.29 is 18.7 Å². The molecule has 0 aliphatic rings. The Kier molecular flexibility index (Phi) is 4.69. The zero-order valence-corrected chi connectivity index (χ0v) is 12.8. The number of thiazole rings is 1. The quantitative estimate of drug-likeness (QED) is 0.629. The molecule has 0 bridgehead atoms. The van der Waals surface area contributed by atoms with Crippen LogP contribution in [0.15, 0.2) is 18.2 Å². The zero-order valence-electron chi connectivity index (χ0n) is 11.3. The Morgan fingerprint density at radius 2 is 2.14 bits per heavy atom. The highest BCUT2D eigenvalue weighted by Crippen LogP contribution is 2.31. The van der Waals surface area contributed by atoms with Gasteiger partial charge in [-0.15, -0.1) is 11.3 Å². The van der Waals surface area contributed by atoms with Crippen LogP contribution in [-0.2, 0) is 4.74 Å². The summed E-state index contributed by atoms with van der Waals surface area (Å²) in [5, 5.41) is 0.353. The van der Waals surface area contributed by atoms with Crippen LogP contribution >= 0.6 is 22.9 Å². The third kappa shape index (κ3) is 3.28. The monoisotopic (exact) mass is 327 g/mol. The van der Waals surface area contributed by atoms with E-state index in [1.54, 1.807) is 13.0 Å². The van der Waals surface area contributed by atoms with E-state index in [2.05, 4.69) is 4.98 Å². The second-order valence-electron chi connectivity index (χ2n) is 4.10. The lowest BCUT2D eigenvalue weighted by Gasteiger charge is -1.99. The van der Waals surface area contributed by atoms with Gasteiger partial charge in [-0.2, -0.15) is 0 Å². The number of hydrogen-bond donors (Lipinski definition) is 0. The third-order valence-corrected chi connectivity index (χ3v) is 4.09. The first-order chi connectivity index (χ1) is 9.93. The predicted octanol–water partition coefficient (Wildman–Crippen LogP) is 3.98. The molecule has 0 N–H and O–H groups in total. The highest BCUT2D eigenvalue weighted by molar-refractivity contribution is 7.17. The lowest BCUT2D eigenvalue weighted by atomic mass is 10.2. The predicted molar refractivity (Wildman–Crippen MR) is 78.5 cm³/mol. The van der Waals surface area contributed by atoms with Crippen molar-refractivity contribution in [1.82, 2.24) is 4.98 Å². The van der Waals surface area contributed by atoms with Gasteiger partial charge in [0.15, 0.2) is 11.5 Å². The van der Waals surface area contributed by atoms with E-state index in [-0.39, 0.29) is 28.0 Å². The number of ketones is 1. The van der Waals surface area contributed by atoms with Gasteiger partial charge in [0.2, 0.25) is 0 Å². The van der Waals surface area contributed by atoms with E-state index in [0.717, 1.165) is 11.3 Å². The molecule has 2 rings (SSSR count). The highest BCUT2D eigenvalue weighted by Gasteiger charge is 2.23. The van der Waals surface area contributed by atoms with Crippen molar-refractivity contribution in [3.63, 3.8) is 0 Å². The summed E-state index contributed by atoms with van der Waals surface area (Å²) < 4.78 is 18.4. The largest absolute Gasteiger partial charge is 0.461 e. The number of hydrogen-bond acceptors (Lipinski definition) is 5. The van der Waals surface area contributed by atoms with Gasteiger partial charge >= 0.3 is 5.97 Å². The maximum Gasteiger partial charge on any atom is 0.358 e. The number of nitrogens with zero attached hydrogens (tertiary/aromatic N) is 1. The van der Waals surface area contributed by atoms with Crippen LogP contribution in [0.3, 0.4) is 0 Å². The van der Waals surface area contributed by atoms with Crippen LogP contribution in [0.25, 0.3) is 10.6 Å². The van der Waals surface area contributed by atoms with Crippen LogP contribution in [0.5, 0.6) is 0 Å². The summed E-state index contributed by atoms with van der Waals surface area (Å²) in [6.45, 7) is 3.17. The average Bonchev–Trinajstić information content (AvgIpc) is 2.87. The third-order valence-electron chi connectivity index (χ3n) is 2.58. The van der Waals surface area contributed by atoms with Crippen LogP contribution in [0, 0.1) is 5.82 Å². The molecule has 110 valence electrons. The van der Waals surface area contributed by atoms with Crippen molar-refractivity contribution in [2.45, 2.75) is 13.8 Å². The maximum absolute atomic E-state index is 13.5. The Bertz CT molecular complexity index is 714. The van der Waals surface area contributed by atoms with Crippen LogP contribution in [0.1, 0.15) is 34.0 Å². The number of halogens is 2. The minimum Gasteiger partial charge on any atom is -0.461 e. The summed E-state index contributed by atoms with van der Waals surface area (Å²) in [7, 11) is 0. The van der Waals surface area contributed by atoms with Gasteiger partial charge in [0.1, 0.15) is 15.7 Å². The number of carbonyl (C=O) groups excluding carboxylic acids is 2. The topological polar surface area (TPSA) is 56.3 Å². The molecule has 0 saturated heterocycles. The van der Waals surface area contributed by atoms with Gasteiger partial charge in [-0.05, 0) is 19.1 Å². The van der Waals surface area contributed by atoms with Gasteiger partial charge < -0.3 is 4.74 Å². The summed E-state index contributed by atoms with van der Waals surface area (Å²) in [6, 6.07) is 4.17. The number of rotatable bonds is 4. The average molecular weight is 328 g/mol. The number of esters is 1. The van der Waals surface area contributed by atoms with Crippen LogP contribution < -0.4 is 0 Å². The molecule has 1 heterocycles. The molecule has 0 saturated carbocycles. The first kappa shape index (κ1) is 15.6. The number of ether oxygens (including phenoxy) is 1. The Morgan fingerprint density at radius 3 is 2.71 bits per heavy atom. The molecule has 7 heteroatoms. The second kappa shape index (κ2) is 6.32. The van der Waals surface area contributed by atoms with Crippen molar-refractivity contribution >= 4 is 34.7 Å². The number of carbonyl (C=O) groups is 2. The van der Waals surface area contributed by atoms with Crippen molar-refractivity contribution in [3.05, 3.63) is 39.6 Å².